The average molecular weight is 246 g/mol. The van der Waals surface area contributed by atoms with Gasteiger partial charge in [0, 0.05) is 17.6 Å². The summed E-state index contributed by atoms with van der Waals surface area (Å²) in [4.78, 5) is 0. The van der Waals surface area contributed by atoms with Crippen molar-refractivity contribution in [2.75, 3.05) is 6.54 Å². The molecule has 0 fully saturated rings. The number of hydrogen-bond acceptors (Lipinski definition) is 1. The Morgan fingerprint density at radius 2 is 1.94 bits per heavy atom. The van der Waals surface area contributed by atoms with Crippen LogP contribution >= 0.6 is 11.6 Å². The molecule has 0 spiro atoms. The highest BCUT2D eigenvalue weighted by atomic mass is 35.5. The molecule has 0 aromatic heterocycles. The quantitative estimate of drug-likeness (QED) is 0.850. The summed E-state index contributed by atoms with van der Waals surface area (Å²) < 4.78 is 0. The monoisotopic (exact) mass is 245 g/mol. The fraction of sp³-hybridized carbons (Fsp3) is 0.200. The minimum atomic E-state index is 0.273. The first-order chi connectivity index (χ1) is 8.16. The second-order valence-electron chi connectivity index (χ2n) is 4.23. The molecule has 0 amide bonds. The number of nitrogens with one attached hydrogen (secondary N) is 1. The summed E-state index contributed by atoms with van der Waals surface area (Å²) in [6, 6.07) is 15.2. The van der Waals surface area contributed by atoms with Crippen molar-refractivity contribution in [3.63, 3.8) is 0 Å². The SMILES string of the molecule is C=C(Cl)CNC(C)c1ccc2ccccc2c1. The molecule has 1 N–H and O–H groups in total. The fourth-order valence-electron chi connectivity index (χ4n) is 1.86. The molecule has 1 atom stereocenters. The Labute approximate surface area is 107 Å². The maximum absolute atomic E-state index is 5.75. The Kier molecular flexibility index (Phi) is 3.82. The topological polar surface area (TPSA) is 12.0 Å². The number of rotatable bonds is 4. The molecule has 0 saturated heterocycles. The molecule has 1 nitrogen and oxygen atoms in total. The zero-order chi connectivity index (χ0) is 12.3. The molecule has 2 aromatic rings. The molecule has 0 aliphatic heterocycles. The molecule has 0 bridgehead atoms. The smallest absolute Gasteiger partial charge is 0.0313 e. The molecule has 0 heterocycles. The Morgan fingerprint density at radius 1 is 1.24 bits per heavy atom. The summed E-state index contributed by atoms with van der Waals surface area (Å²) in [5, 5.41) is 6.50. The summed E-state index contributed by atoms with van der Waals surface area (Å²) in [6.45, 7) is 6.44. The van der Waals surface area contributed by atoms with E-state index in [0.717, 1.165) is 0 Å². The molecule has 2 heteroatoms. The average Bonchev–Trinajstić information content (AvgIpc) is 2.35. The van der Waals surface area contributed by atoms with Crippen LogP contribution in [-0.2, 0) is 0 Å². The van der Waals surface area contributed by atoms with E-state index in [9.17, 15) is 0 Å². The highest BCUT2D eigenvalue weighted by Crippen LogP contribution is 2.20. The molecule has 0 aliphatic rings. The third-order valence-corrected chi connectivity index (χ3v) is 3.01. The molecule has 88 valence electrons. The van der Waals surface area contributed by atoms with Crippen molar-refractivity contribution < 1.29 is 0 Å². The van der Waals surface area contributed by atoms with Gasteiger partial charge in [0.1, 0.15) is 0 Å². The maximum Gasteiger partial charge on any atom is 0.0313 e. The van der Waals surface area contributed by atoms with Crippen molar-refractivity contribution in [2.24, 2.45) is 0 Å². The van der Waals surface area contributed by atoms with Gasteiger partial charge in [0.25, 0.3) is 0 Å². The third kappa shape index (κ3) is 3.09. The summed E-state index contributed by atoms with van der Waals surface area (Å²) in [7, 11) is 0. The highest BCUT2D eigenvalue weighted by molar-refractivity contribution is 6.29. The van der Waals surface area contributed by atoms with Crippen LogP contribution in [0.25, 0.3) is 10.8 Å². The van der Waals surface area contributed by atoms with Gasteiger partial charge in [0.05, 0.1) is 0 Å². The van der Waals surface area contributed by atoms with Gasteiger partial charge in [-0.3, -0.25) is 0 Å². The highest BCUT2D eigenvalue weighted by Gasteiger charge is 2.05. The van der Waals surface area contributed by atoms with Crippen LogP contribution in [0.1, 0.15) is 18.5 Å². The molecule has 0 radical (unpaired) electrons. The lowest BCUT2D eigenvalue weighted by Gasteiger charge is -2.14. The first-order valence-corrected chi connectivity index (χ1v) is 6.10. The largest absolute Gasteiger partial charge is 0.305 e. The lowest BCUT2D eigenvalue weighted by Crippen LogP contribution is -2.19. The van der Waals surface area contributed by atoms with Gasteiger partial charge in [0.2, 0.25) is 0 Å². The lowest BCUT2D eigenvalue weighted by molar-refractivity contribution is 0.615. The standard InChI is InChI=1S/C15H16ClN/c1-11(16)10-17-12(2)14-8-7-13-5-3-4-6-15(13)9-14/h3-9,12,17H,1,10H2,2H3. The molecule has 17 heavy (non-hydrogen) atoms. The van der Waals surface area contributed by atoms with E-state index in [4.69, 9.17) is 11.6 Å². The van der Waals surface area contributed by atoms with E-state index in [1.165, 1.54) is 16.3 Å². The third-order valence-electron chi connectivity index (χ3n) is 2.87. The van der Waals surface area contributed by atoms with E-state index in [1.807, 2.05) is 0 Å². The zero-order valence-corrected chi connectivity index (χ0v) is 10.7. The van der Waals surface area contributed by atoms with Gasteiger partial charge in [-0.2, -0.15) is 0 Å². The molecular formula is C15H16ClN. The Balaban J connectivity index is 2.20. The van der Waals surface area contributed by atoms with Gasteiger partial charge >= 0.3 is 0 Å². The minimum absolute atomic E-state index is 0.273. The minimum Gasteiger partial charge on any atom is -0.305 e. The van der Waals surface area contributed by atoms with Gasteiger partial charge in [-0.15, -0.1) is 0 Å². The van der Waals surface area contributed by atoms with Crippen LogP contribution in [0.4, 0.5) is 0 Å². The van der Waals surface area contributed by atoms with Gasteiger partial charge in [-0.05, 0) is 29.3 Å². The van der Waals surface area contributed by atoms with Crippen molar-refractivity contribution in [1.29, 1.82) is 0 Å². The normalized spacial score (nSPS) is 12.6. The second-order valence-corrected chi connectivity index (χ2v) is 4.76. The second kappa shape index (κ2) is 5.35. The van der Waals surface area contributed by atoms with Crippen molar-refractivity contribution in [1.82, 2.24) is 5.32 Å². The van der Waals surface area contributed by atoms with E-state index in [0.29, 0.717) is 11.6 Å². The lowest BCUT2D eigenvalue weighted by atomic mass is 10.0. The number of fused-ring (bicyclic) bond motifs is 1. The van der Waals surface area contributed by atoms with E-state index in [1.54, 1.807) is 0 Å². The molecule has 2 rings (SSSR count). The Bertz CT molecular complexity index is 533. The van der Waals surface area contributed by atoms with Gasteiger partial charge in [-0.25, -0.2) is 0 Å². The van der Waals surface area contributed by atoms with Crippen LogP contribution in [0.3, 0.4) is 0 Å². The van der Waals surface area contributed by atoms with Crippen molar-refractivity contribution in [3.05, 3.63) is 59.6 Å². The predicted molar refractivity (Wildman–Crippen MR) is 75.4 cm³/mol. The summed E-state index contributed by atoms with van der Waals surface area (Å²) in [6.07, 6.45) is 0. The van der Waals surface area contributed by atoms with E-state index < -0.39 is 0 Å². The van der Waals surface area contributed by atoms with Crippen LogP contribution in [0.15, 0.2) is 54.1 Å². The van der Waals surface area contributed by atoms with Crippen LogP contribution in [0.5, 0.6) is 0 Å². The van der Waals surface area contributed by atoms with Gasteiger partial charge in [0.15, 0.2) is 0 Å². The summed E-state index contributed by atoms with van der Waals surface area (Å²) in [5.41, 5.74) is 1.27. The molecule has 1 unspecified atom stereocenters. The van der Waals surface area contributed by atoms with Gasteiger partial charge < -0.3 is 5.32 Å². The van der Waals surface area contributed by atoms with Crippen LogP contribution in [0.2, 0.25) is 0 Å². The summed E-state index contributed by atoms with van der Waals surface area (Å²) in [5.74, 6) is 0. The van der Waals surface area contributed by atoms with Crippen LogP contribution in [-0.4, -0.2) is 6.54 Å². The van der Waals surface area contributed by atoms with Crippen LogP contribution < -0.4 is 5.32 Å². The summed E-state index contributed by atoms with van der Waals surface area (Å²) >= 11 is 5.75. The number of benzene rings is 2. The van der Waals surface area contributed by atoms with Gasteiger partial charge in [-0.1, -0.05) is 54.6 Å². The number of hydrogen-bond donors (Lipinski definition) is 1. The number of halogens is 1. The predicted octanol–water partition coefficient (Wildman–Crippen LogP) is 4.24. The molecule has 2 aromatic carbocycles. The first kappa shape index (κ1) is 12.2. The maximum atomic E-state index is 5.75. The zero-order valence-electron chi connectivity index (χ0n) is 9.91. The van der Waals surface area contributed by atoms with E-state index >= 15 is 0 Å². The Morgan fingerprint density at radius 3 is 2.65 bits per heavy atom. The van der Waals surface area contributed by atoms with Crippen molar-refractivity contribution in [3.8, 4) is 0 Å². The van der Waals surface area contributed by atoms with E-state index in [-0.39, 0.29) is 6.04 Å². The molecule has 0 aliphatic carbocycles. The molecule has 0 saturated carbocycles. The van der Waals surface area contributed by atoms with Crippen LogP contribution in [0, 0.1) is 0 Å². The van der Waals surface area contributed by atoms with Crippen molar-refractivity contribution in [2.45, 2.75) is 13.0 Å². The van der Waals surface area contributed by atoms with E-state index in [2.05, 4.69) is 61.3 Å². The fourth-order valence-corrected chi connectivity index (χ4v) is 1.94. The molecular weight excluding hydrogens is 230 g/mol. The first-order valence-electron chi connectivity index (χ1n) is 5.72. The Hall–Kier alpha value is -1.31. The van der Waals surface area contributed by atoms with Crippen molar-refractivity contribution >= 4 is 22.4 Å².